The van der Waals surface area contributed by atoms with Gasteiger partial charge in [-0.2, -0.15) is 0 Å². The summed E-state index contributed by atoms with van der Waals surface area (Å²) in [7, 11) is 0. The summed E-state index contributed by atoms with van der Waals surface area (Å²) >= 11 is 0. The molecule has 0 bridgehead atoms. The molecule has 0 atom stereocenters. The lowest BCUT2D eigenvalue weighted by Crippen LogP contribution is -2.33. The number of aliphatic hydroxyl groups is 1. The number of nitrogens with zero attached hydrogens (tertiary/aromatic N) is 2. The number of rotatable bonds is 8. The van der Waals surface area contributed by atoms with Crippen molar-refractivity contribution in [2.45, 2.75) is 32.9 Å². The lowest BCUT2D eigenvalue weighted by atomic mass is 10.2. The van der Waals surface area contributed by atoms with Gasteiger partial charge in [0.15, 0.2) is 0 Å². The number of esters is 1. The van der Waals surface area contributed by atoms with Crippen molar-refractivity contribution in [3.8, 4) is 0 Å². The van der Waals surface area contributed by atoms with Gasteiger partial charge >= 0.3 is 5.97 Å². The molecular formula is C14H22N2O3. The molecule has 0 saturated carbocycles. The van der Waals surface area contributed by atoms with Crippen molar-refractivity contribution in [1.82, 2.24) is 9.88 Å². The average molecular weight is 266 g/mol. The van der Waals surface area contributed by atoms with Gasteiger partial charge in [0.1, 0.15) is 0 Å². The number of carbonyl (C=O) groups excluding carboxylic acids is 1. The van der Waals surface area contributed by atoms with E-state index in [2.05, 4.69) is 4.98 Å². The Kier molecular flexibility index (Phi) is 7.07. The van der Waals surface area contributed by atoms with Crippen molar-refractivity contribution in [2.24, 2.45) is 0 Å². The fourth-order valence-corrected chi connectivity index (χ4v) is 1.74. The third-order valence-electron chi connectivity index (χ3n) is 2.48. The van der Waals surface area contributed by atoms with Crippen LogP contribution in [0.3, 0.4) is 0 Å². The average Bonchev–Trinajstić information content (AvgIpc) is 2.36. The van der Waals surface area contributed by atoms with Crippen LogP contribution in [0.25, 0.3) is 0 Å². The van der Waals surface area contributed by atoms with Crippen molar-refractivity contribution in [2.75, 3.05) is 19.7 Å². The predicted molar refractivity (Wildman–Crippen MR) is 72.4 cm³/mol. The smallest absolute Gasteiger partial charge is 0.320 e. The zero-order valence-corrected chi connectivity index (χ0v) is 11.6. The van der Waals surface area contributed by atoms with Gasteiger partial charge in [0, 0.05) is 32.1 Å². The topological polar surface area (TPSA) is 62.7 Å². The Bertz CT molecular complexity index is 368. The highest BCUT2D eigenvalue weighted by Gasteiger charge is 2.13. The van der Waals surface area contributed by atoms with E-state index in [0.29, 0.717) is 19.5 Å². The molecule has 0 aliphatic carbocycles. The van der Waals surface area contributed by atoms with E-state index in [1.165, 1.54) is 0 Å². The van der Waals surface area contributed by atoms with Gasteiger partial charge in [-0.15, -0.1) is 0 Å². The Balaban J connectivity index is 2.53. The molecule has 0 unspecified atom stereocenters. The molecule has 0 aliphatic rings. The summed E-state index contributed by atoms with van der Waals surface area (Å²) < 4.78 is 5.14. The van der Waals surface area contributed by atoms with Gasteiger partial charge in [0.25, 0.3) is 0 Å². The summed E-state index contributed by atoms with van der Waals surface area (Å²) in [6, 6.07) is 3.83. The summed E-state index contributed by atoms with van der Waals surface area (Å²) in [5.41, 5.74) is 1.04. The lowest BCUT2D eigenvalue weighted by Gasteiger charge is -2.21. The standard InChI is InChI=1S/C14H22N2O3/c1-12(2)19-14(18)11-16(7-4-8-17)10-13-5-3-6-15-9-13/h3,5-6,9,12,17H,4,7-8,10-11H2,1-2H3. The minimum atomic E-state index is -0.239. The van der Waals surface area contributed by atoms with Gasteiger partial charge in [-0.25, -0.2) is 0 Å². The number of carbonyl (C=O) groups is 1. The SMILES string of the molecule is CC(C)OC(=O)CN(CCCO)Cc1cccnc1. The summed E-state index contributed by atoms with van der Waals surface area (Å²) in [4.78, 5) is 17.7. The fraction of sp³-hybridized carbons (Fsp3) is 0.571. The zero-order valence-electron chi connectivity index (χ0n) is 11.6. The first-order valence-electron chi connectivity index (χ1n) is 6.53. The zero-order chi connectivity index (χ0) is 14.1. The first-order valence-corrected chi connectivity index (χ1v) is 6.53. The molecule has 0 aliphatic heterocycles. The van der Waals surface area contributed by atoms with Crippen LogP contribution in [0.1, 0.15) is 25.8 Å². The van der Waals surface area contributed by atoms with Crippen molar-refractivity contribution < 1.29 is 14.6 Å². The summed E-state index contributed by atoms with van der Waals surface area (Å²) in [6.45, 7) is 5.28. The van der Waals surface area contributed by atoms with Gasteiger partial charge in [-0.3, -0.25) is 14.7 Å². The first kappa shape index (κ1) is 15.6. The maximum atomic E-state index is 11.7. The molecular weight excluding hydrogens is 244 g/mol. The second-order valence-corrected chi connectivity index (χ2v) is 4.69. The number of pyridine rings is 1. The van der Waals surface area contributed by atoms with Crippen LogP contribution in [0.2, 0.25) is 0 Å². The highest BCUT2D eigenvalue weighted by Crippen LogP contribution is 2.04. The van der Waals surface area contributed by atoms with E-state index in [4.69, 9.17) is 9.84 Å². The molecule has 0 fully saturated rings. The Hall–Kier alpha value is -1.46. The fourth-order valence-electron chi connectivity index (χ4n) is 1.74. The predicted octanol–water partition coefficient (Wildman–Crippen LogP) is 1.22. The third-order valence-corrected chi connectivity index (χ3v) is 2.48. The lowest BCUT2D eigenvalue weighted by molar-refractivity contribution is -0.148. The molecule has 1 N–H and O–H groups in total. The Morgan fingerprint density at radius 3 is 2.89 bits per heavy atom. The van der Waals surface area contributed by atoms with Crippen LogP contribution >= 0.6 is 0 Å². The minimum Gasteiger partial charge on any atom is -0.462 e. The van der Waals surface area contributed by atoms with Crippen LogP contribution in [-0.4, -0.2) is 46.8 Å². The van der Waals surface area contributed by atoms with Crippen LogP contribution < -0.4 is 0 Å². The van der Waals surface area contributed by atoms with E-state index in [9.17, 15) is 4.79 Å². The number of ether oxygens (including phenoxy) is 1. The van der Waals surface area contributed by atoms with Crippen LogP contribution in [0.4, 0.5) is 0 Å². The molecule has 0 saturated heterocycles. The van der Waals surface area contributed by atoms with E-state index < -0.39 is 0 Å². The second kappa shape index (κ2) is 8.61. The largest absolute Gasteiger partial charge is 0.462 e. The second-order valence-electron chi connectivity index (χ2n) is 4.69. The van der Waals surface area contributed by atoms with E-state index in [-0.39, 0.29) is 25.2 Å². The quantitative estimate of drug-likeness (QED) is 0.717. The molecule has 0 spiro atoms. The van der Waals surface area contributed by atoms with Gasteiger partial charge in [-0.05, 0) is 31.9 Å². The maximum absolute atomic E-state index is 11.7. The molecule has 5 heteroatoms. The third kappa shape index (κ3) is 6.88. The molecule has 5 nitrogen and oxygen atoms in total. The molecule has 19 heavy (non-hydrogen) atoms. The van der Waals surface area contributed by atoms with Crippen molar-refractivity contribution in [3.63, 3.8) is 0 Å². The van der Waals surface area contributed by atoms with E-state index in [0.717, 1.165) is 5.56 Å². The highest BCUT2D eigenvalue weighted by atomic mass is 16.5. The van der Waals surface area contributed by atoms with Gasteiger partial charge < -0.3 is 9.84 Å². The van der Waals surface area contributed by atoms with E-state index in [1.54, 1.807) is 12.4 Å². The summed E-state index contributed by atoms with van der Waals surface area (Å²) in [6.07, 6.45) is 4.02. The van der Waals surface area contributed by atoms with Crippen molar-refractivity contribution in [1.29, 1.82) is 0 Å². The number of hydrogen-bond donors (Lipinski definition) is 1. The molecule has 1 rings (SSSR count). The van der Waals surface area contributed by atoms with Crippen molar-refractivity contribution in [3.05, 3.63) is 30.1 Å². The summed E-state index contributed by atoms with van der Waals surface area (Å²) in [5.74, 6) is -0.239. The molecule has 1 heterocycles. The monoisotopic (exact) mass is 266 g/mol. The number of aromatic nitrogens is 1. The number of aliphatic hydroxyl groups excluding tert-OH is 1. The van der Waals surface area contributed by atoms with Crippen molar-refractivity contribution >= 4 is 5.97 Å². The van der Waals surface area contributed by atoms with Gasteiger partial charge in [0.05, 0.1) is 12.6 Å². The van der Waals surface area contributed by atoms with Crippen LogP contribution in [0, 0.1) is 0 Å². The molecule has 0 amide bonds. The summed E-state index contributed by atoms with van der Waals surface area (Å²) in [5, 5.41) is 8.91. The van der Waals surface area contributed by atoms with Gasteiger partial charge in [-0.1, -0.05) is 6.07 Å². The normalized spacial score (nSPS) is 11.0. The number of hydrogen-bond acceptors (Lipinski definition) is 5. The maximum Gasteiger partial charge on any atom is 0.320 e. The van der Waals surface area contributed by atoms with Gasteiger partial charge in [0.2, 0.25) is 0 Å². The Morgan fingerprint density at radius 1 is 1.53 bits per heavy atom. The molecule has 1 aromatic rings. The van der Waals surface area contributed by atoms with Crippen LogP contribution in [0.5, 0.6) is 0 Å². The Labute approximate surface area is 114 Å². The molecule has 0 radical (unpaired) electrons. The van der Waals surface area contributed by atoms with Crippen LogP contribution in [0.15, 0.2) is 24.5 Å². The van der Waals surface area contributed by atoms with E-state index >= 15 is 0 Å². The highest BCUT2D eigenvalue weighted by molar-refractivity contribution is 5.71. The molecule has 106 valence electrons. The Morgan fingerprint density at radius 2 is 2.32 bits per heavy atom. The minimum absolute atomic E-state index is 0.106. The first-order chi connectivity index (χ1) is 9.11. The van der Waals surface area contributed by atoms with Crippen LogP contribution in [-0.2, 0) is 16.1 Å². The molecule has 1 aromatic heterocycles. The molecule has 0 aromatic carbocycles. The van der Waals surface area contributed by atoms with E-state index in [1.807, 2.05) is 30.9 Å².